The average molecular weight is 210 g/mol. The average Bonchev–Trinajstić information content (AvgIpc) is 2.78. The number of nitrogens with one attached hydrogen (secondary N) is 1. The molecule has 0 saturated carbocycles. The van der Waals surface area contributed by atoms with Crippen LogP contribution >= 0.6 is 0 Å². The summed E-state index contributed by atoms with van der Waals surface area (Å²) in [5.41, 5.74) is 0. The molecule has 0 amide bonds. The molecule has 1 aromatic rings. The van der Waals surface area contributed by atoms with Gasteiger partial charge in [0, 0.05) is 25.6 Å². The fourth-order valence-corrected chi connectivity index (χ4v) is 1.88. The molecule has 1 fully saturated rings. The minimum absolute atomic E-state index is 0.634. The van der Waals surface area contributed by atoms with Gasteiger partial charge >= 0.3 is 6.01 Å². The Morgan fingerprint density at radius 1 is 1.47 bits per heavy atom. The maximum Gasteiger partial charge on any atom is 0.324 e. The number of hydrogen-bond acceptors (Lipinski definition) is 5. The molecule has 84 valence electrons. The lowest BCUT2D eigenvalue weighted by Crippen LogP contribution is -2.41. The van der Waals surface area contributed by atoms with Gasteiger partial charge in [0.25, 0.3) is 0 Å². The van der Waals surface area contributed by atoms with Crippen molar-refractivity contribution in [1.29, 1.82) is 0 Å². The van der Waals surface area contributed by atoms with Crippen LogP contribution in [0.25, 0.3) is 0 Å². The zero-order chi connectivity index (χ0) is 10.7. The zero-order valence-electron chi connectivity index (χ0n) is 9.36. The molecule has 2 rings (SSSR count). The van der Waals surface area contributed by atoms with Crippen LogP contribution in [-0.4, -0.2) is 36.3 Å². The van der Waals surface area contributed by atoms with Crippen molar-refractivity contribution in [1.82, 2.24) is 15.5 Å². The van der Waals surface area contributed by atoms with Crippen LogP contribution in [0.1, 0.15) is 25.6 Å². The zero-order valence-corrected chi connectivity index (χ0v) is 9.36. The Bertz CT molecular complexity index is 304. The summed E-state index contributed by atoms with van der Waals surface area (Å²) in [5, 5.41) is 7.20. The molecule has 0 aromatic carbocycles. The molecule has 5 heteroatoms. The van der Waals surface area contributed by atoms with Gasteiger partial charge in [-0.3, -0.25) is 0 Å². The third kappa shape index (κ3) is 2.28. The number of anilines is 1. The van der Waals surface area contributed by atoms with Crippen LogP contribution in [0.3, 0.4) is 0 Å². The first-order chi connectivity index (χ1) is 7.33. The minimum atomic E-state index is 0.634. The molecule has 1 N–H and O–H groups in total. The van der Waals surface area contributed by atoms with Crippen LogP contribution in [0.4, 0.5) is 6.01 Å². The van der Waals surface area contributed by atoms with Gasteiger partial charge in [-0.05, 0) is 19.9 Å². The van der Waals surface area contributed by atoms with E-state index in [9.17, 15) is 0 Å². The molecule has 1 saturated heterocycles. The standard InChI is InChI=1S/C10H18N4O/c1-3-9-12-10(15-13-9)14-6-4-8(11-2)5-7-14/h8,11H,3-7H2,1-2H3. The highest BCUT2D eigenvalue weighted by atomic mass is 16.5. The minimum Gasteiger partial charge on any atom is -0.324 e. The summed E-state index contributed by atoms with van der Waals surface area (Å²) < 4.78 is 5.21. The molecule has 1 aliphatic heterocycles. The van der Waals surface area contributed by atoms with Gasteiger partial charge in [-0.15, -0.1) is 0 Å². The summed E-state index contributed by atoms with van der Waals surface area (Å²) in [7, 11) is 2.02. The van der Waals surface area contributed by atoms with Crippen molar-refractivity contribution < 1.29 is 4.52 Å². The Hall–Kier alpha value is -1.10. The Morgan fingerprint density at radius 2 is 2.20 bits per heavy atom. The maximum atomic E-state index is 5.21. The van der Waals surface area contributed by atoms with E-state index in [1.807, 2.05) is 14.0 Å². The molecular weight excluding hydrogens is 192 g/mol. The van der Waals surface area contributed by atoms with E-state index < -0.39 is 0 Å². The van der Waals surface area contributed by atoms with E-state index in [1.165, 1.54) is 0 Å². The van der Waals surface area contributed by atoms with Crippen molar-refractivity contribution in [2.24, 2.45) is 0 Å². The first-order valence-corrected chi connectivity index (χ1v) is 5.58. The molecule has 1 aromatic heterocycles. The van der Waals surface area contributed by atoms with E-state index in [0.29, 0.717) is 12.1 Å². The van der Waals surface area contributed by atoms with Gasteiger partial charge in [-0.1, -0.05) is 12.1 Å². The topological polar surface area (TPSA) is 54.2 Å². The predicted molar refractivity (Wildman–Crippen MR) is 58.0 cm³/mol. The maximum absolute atomic E-state index is 5.21. The Kier molecular flexibility index (Phi) is 3.20. The van der Waals surface area contributed by atoms with E-state index in [0.717, 1.165) is 38.2 Å². The van der Waals surface area contributed by atoms with Crippen molar-refractivity contribution in [3.8, 4) is 0 Å². The highest BCUT2D eigenvalue weighted by Crippen LogP contribution is 2.17. The Labute approximate surface area is 89.8 Å². The summed E-state index contributed by atoms with van der Waals surface area (Å²) in [5.74, 6) is 0.792. The summed E-state index contributed by atoms with van der Waals surface area (Å²) in [6.07, 6.45) is 3.11. The molecule has 0 bridgehead atoms. The van der Waals surface area contributed by atoms with Gasteiger partial charge in [0.1, 0.15) is 0 Å². The van der Waals surface area contributed by atoms with Gasteiger partial charge in [-0.25, -0.2) is 0 Å². The summed E-state index contributed by atoms with van der Waals surface area (Å²) in [6, 6.07) is 1.32. The number of hydrogen-bond donors (Lipinski definition) is 1. The molecule has 5 nitrogen and oxygen atoms in total. The monoisotopic (exact) mass is 210 g/mol. The second-order valence-electron chi connectivity index (χ2n) is 3.90. The van der Waals surface area contributed by atoms with Gasteiger partial charge in [0.2, 0.25) is 0 Å². The number of piperidine rings is 1. The normalized spacial score (nSPS) is 18.4. The Balaban J connectivity index is 1.95. The smallest absolute Gasteiger partial charge is 0.324 e. The fourth-order valence-electron chi connectivity index (χ4n) is 1.88. The van der Waals surface area contributed by atoms with Gasteiger partial charge in [-0.2, -0.15) is 4.98 Å². The second-order valence-corrected chi connectivity index (χ2v) is 3.90. The third-order valence-electron chi connectivity index (χ3n) is 2.95. The quantitative estimate of drug-likeness (QED) is 0.800. The third-order valence-corrected chi connectivity index (χ3v) is 2.95. The highest BCUT2D eigenvalue weighted by Gasteiger charge is 2.21. The lowest BCUT2D eigenvalue weighted by molar-refractivity contribution is 0.377. The summed E-state index contributed by atoms with van der Waals surface area (Å²) in [6.45, 7) is 4.02. The molecule has 0 unspecified atom stereocenters. The first-order valence-electron chi connectivity index (χ1n) is 5.58. The van der Waals surface area contributed by atoms with Gasteiger partial charge in [0.15, 0.2) is 5.82 Å². The molecular formula is C10H18N4O. The second kappa shape index (κ2) is 4.61. The van der Waals surface area contributed by atoms with Gasteiger partial charge < -0.3 is 14.7 Å². The van der Waals surface area contributed by atoms with Crippen LogP contribution in [0.2, 0.25) is 0 Å². The lowest BCUT2D eigenvalue weighted by Gasteiger charge is -2.30. The lowest BCUT2D eigenvalue weighted by atomic mass is 10.1. The van der Waals surface area contributed by atoms with E-state index in [2.05, 4.69) is 20.4 Å². The molecule has 0 radical (unpaired) electrons. The van der Waals surface area contributed by atoms with Crippen molar-refractivity contribution in [3.05, 3.63) is 5.82 Å². The molecule has 0 atom stereocenters. The van der Waals surface area contributed by atoms with Crippen molar-refractivity contribution >= 4 is 6.01 Å². The van der Waals surface area contributed by atoms with E-state index in [-0.39, 0.29) is 0 Å². The van der Waals surface area contributed by atoms with Crippen molar-refractivity contribution in [3.63, 3.8) is 0 Å². The number of aromatic nitrogens is 2. The largest absolute Gasteiger partial charge is 0.324 e. The molecule has 0 aliphatic carbocycles. The van der Waals surface area contributed by atoms with Crippen molar-refractivity contribution in [2.45, 2.75) is 32.2 Å². The number of nitrogens with zero attached hydrogens (tertiary/aromatic N) is 3. The van der Waals surface area contributed by atoms with Crippen LogP contribution in [0.5, 0.6) is 0 Å². The van der Waals surface area contributed by atoms with Crippen molar-refractivity contribution in [2.75, 3.05) is 25.0 Å². The number of rotatable bonds is 3. The molecule has 2 heterocycles. The van der Waals surface area contributed by atoms with Crippen LogP contribution in [0, 0.1) is 0 Å². The fraction of sp³-hybridized carbons (Fsp3) is 0.800. The first kappa shape index (κ1) is 10.4. The van der Waals surface area contributed by atoms with Gasteiger partial charge in [0.05, 0.1) is 0 Å². The summed E-state index contributed by atoms with van der Waals surface area (Å²) in [4.78, 5) is 6.50. The molecule has 15 heavy (non-hydrogen) atoms. The van der Waals surface area contributed by atoms with Crippen LogP contribution < -0.4 is 10.2 Å². The van der Waals surface area contributed by atoms with E-state index >= 15 is 0 Å². The number of aryl methyl sites for hydroxylation is 1. The van der Waals surface area contributed by atoms with E-state index in [4.69, 9.17) is 4.52 Å². The predicted octanol–water partition coefficient (Wildman–Crippen LogP) is 0.820. The van der Waals surface area contributed by atoms with Crippen LogP contribution in [0.15, 0.2) is 4.52 Å². The SMILES string of the molecule is CCc1noc(N2CCC(NC)CC2)n1. The molecule has 1 aliphatic rings. The Morgan fingerprint density at radius 3 is 2.73 bits per heavy atom. The highest BCUT2D eigenvalue weighted by molar-refractivity contribution is 5.25. The molecule has 0 spiro atoms. The van der Waals surface area contributed by atoms with Crippen LogP contribution in [-0.2, 0) is 6.42 Å². The summed E-state index contributed by atoms with van der Waals surface area (Å²) >= 11 is 0. The van der Waals surface area contributed by atoms with E-state index in [1.54, 1.807) is 0 Å².